The Morgan fingerprint density at radius 2 is 2.14 bits per heavy atom. The molecular formula is C12H14O2. The van der Waals surface area contributed by atoms with Crippen LogP contribution in [0.3, 0.4) is 0 Å². The van der Waals surface area contributed by atoms with E-state index in [1.165, 1.54) is 5.56 Å². The molecule has 0 spiro atoms. The highest BCUT2D eigenvalue weighted by Gasteiger charge is 2.16. The molecule has 0 unspecified atom stereocenters. The summed E-state index contributed by atoms with van der Waals surface area (Å²) in [6, 6.07) is 6.02. The number of hydrogen-bond acceptors (Lipinski definition) is 2. The summed E-state index contributed by atoms with van der Waals surface area (Å²) in [6.45, 7) is 0. The number of carbonyl (C=O) groups is 1. The molecule has 0 atom stereocenters. The molecule has 2 rings (SSSR count). The lowest BCUT2D eigenvalue weighted by atomic mass is 10.0. The lowest BCUT2D eigenvalue weighted by Gasteiger charge is -2.09. The van der Waals surface area contributed by atoms with Gasteiger partial charge in [0.25, 0.3) is 0 Å². The second-order valence-electron chi connectivity index (χ2n) is 3.67. The van der Waals surface area contributed by atoms with Crippen LogP contribution in [0.1, 0.15) is 24.0 Å². The minimum atomic E-state index is 0.327. The molecule has 14 heavy (non-hydrogen) atoms. The Bertz CT molecular complexity index is 355. The number of Topliss-reactive ketones (excluding diaryl/α,β-unsaturated/α-hetero) is 1. The summed E-state index contributed by atoms with van der Waals surface area (Å²) in [4.78, 5) is 11.5. The van der Waals surface area contributed by atoms with Crippen molar-refractivity contribution >= 4 is 5.78 Å². The van der Waals surface area contributed by atoms with Crippen LogP contribution in [0.4, 0.5) is 0 Å². The highest BCUT2D eigenvalue weighted by molar-refractivity contribution is 5.82. The molecule has 1 aliphatic carbocycles. The van der Waals surface area contributed by atoms with Crippen LogP contribution in [0.25, 0.3) is 0 Å². The molecule has 0 aromatic heterocycles. The summed E-state index contributed by atoms with van der Waals surface area (Å²) < 4.78 is 5.26. The predicted octanol–water partition coefficient (Wildman–Crippen LogP) is 2.14. The number of ether oxygens (including phenoxy) is 1. The van der Waals surface area contributed by atoms with Crippen LogP contribution in [-0.4, -0.2) is 12.9 Å². The van der Waals surface area contributed by atoms with Crippen molar-refractivity contribution in [1.29, 1.82) is 0 Å². The van der Waals surface area contributed by atoms with Crippen molar-refractivity contribution in [3.8, 4) is 5.75 Å². The smallest absolute Gasteiger partial charge is 0.137 e. The standard InChI is InChI=1S/C12H14O2/c1-14-12-7-3-5-9-4-2-6-10(13)8-11(9)12/h3,5,7H,2,4,6,8H2,1H3. The lowest BCUT2D eigenvalue weighted by molar-refractivity contribution is -0.118. The van der Waals surface area contributed by atoms with E-state index < -0.39 is 0 Å². The lowest BCUT2D eigenvalue weighted by Crippen LogP contribution is -2.02. The second-order valence-corrected chi connectivity index (χ2v) is 3.67. The molecule has 1 aliphatic rings. The average Bonchev–Trinajstić information content (AvgIpc) is 2.38. The van der Waals surface area contributed by atoms with E-state index in [2.05, 4.69) is 6.07 Å². The SMILES string of the molecule is COc1cccc2c1CC(=O)CCC2. The van der Waals surface area contributed by atoms with Gasteiger partial charge in [-0.2, -0.15) is 0 Å². The Hall–Kier alpha value is -1.31. The normalized spacial score (nSPS) is 15.9. The molecule has 0 saturated carbocycles. The maximum atomic E-state index is 11.5. The van der Waals surface area contributed by atoms with Crippen LogP contribution in [0.15, 0.2) is 18.2 Å². The van der Waals surface area contributed by atoms with Gasteiger partial charge >= 0.3 is 0 Å². The third kappa shape index (κ3) is 1.65. The molecule has 2 nitrogen and oxygen atoms in total. The van der Waals surface area contributed by atoms with Crippen molar-refractivity contribution in [3.05, 3.63) is 29.3 Å². The third-order valence-corrected chi connectivity index (χ3v) is 2.73. The fourth-order valence-corrected chi connectivity index (χ4v) is 2.00. The minimum absolute atomic E-state index is 0.327. The van der Waals surface area contributed by atoms with Crippen molar-refractivity contribution in [2.24, 2.45) is 0 Å². The van der Waals surface area contributed by atoms with Gasteiger partial charge in [0.2, 0.25) is 0 Å². The Balaban J connectivity index is 2.45. The molecule has 0 amide bonds. The Morgan fingerprint density at radius 3 is 2.93 bits per heavy atom. The van der Waals surface area contributed by atoms with Crippen LogP contribution < -0.4 is 4.74 Å². The average molecular weight is 190 g/mol. The monoisotopic (exact) mass is 190 g/mol. The van der Waals surface area contributed by atoms with Gasteiger partial charge in [-0.1, -0.05) is 12.1 Å². The number of ketones is 1. The van der Waals surface area contributed by atoms with Gasteiger partial charge in [-0.15, -0.1) is 0 Å². The highest BCUT2D eigenvalue weighted by atomic mass is 16.5. The van der Waals surface area contributed by atoms with Crippen LogP contribution in [-0.2, 0) is 17.6 Å². The van der Waals surface area contributed by atoms with Crippen LogP contribution >= 0.6 is 0 Å². The summed E-state index contributed by atoms with van der Waals surface area (Å²) in [6.07, 6.45) is 3.22. The first kappa shape index (κ1) is 9.25. The van der Waals surface area contributed by atoms with Gasteiger partial charge in [0, 0.05) is 18.4 Å². The Morgan fingerprint density at radius 1 is 1.29 bits per heavy atom. The number of fused-ring (bicyclic) bond motifs is 1. The first-order chi connectivity index (χ1) is 6.81. The van der Waals surface area contributed by atoms with Gasteiger partial charge in [-0.3, -0.25) is 4.79 Å². The zero-order valence-electron chi connectivity index (χ0n) is 8.38. The van der Waals surface area contributed by atoms with Crippen LogP contribution in [0, 0.1) is 0 Å². The summed E-state index contributed by atoms with van der Waals surface area (Å²) in [5.41, 5.74) is 2.37. The Kier molecular flexibility index (Phi) is 2.53. The van der Waals surface area contributed by atoms with Gasteiger partial charge in [0.05, 0.1) is 7.11 Å². The van der Waals surface area contributed by atoms with E-state index in [0.717, 1.165) is 24.2 Å². The van der Waals surface area contributed by atoms with Crippen molar-refractivity contribution in [3.63, 3.8) is 0 Å². The predicted molar refractivity (Wildman–Crippen MR) is 54.6 cm³/mol. The Labute approximate surface area is 83.9 Å². The number of carbonyl (C=O) groups excluding carboxylic acids is 1. The molecule has 0 aliphatic heterocycles. The number of aryl methyl sites for hydroxylation is 1. The fourth-order valence-electron chi connectivity index (χ4n) is 2.00. The van der Waals surface area contributed by atoms with Gasteiger partial charge in [-0.05, 0) is 24.5 Å². The number of methoxy groups -OCH3 is 1. The van der Waals surface area contributed by atoms with E-state index in [-0.39, 0.29) is 0 Å². The largest absolute Gasteiger partial charge is 0.496 e. The van der Waals surface area contributed by atoms with Crippen molar-refractivity contribution in [2.75, 3.05) is 7.11 Å². The van der Waals surface area contributed by atoms with Crippen LogP contribution in [0.5, 0.6) is 5.75 Å². The maximum absolute atomic E-state index is 11.5. The van der Waals surface area contributed by atoms with Gasteiger partial charge < -0.3 is 4.74 Å². The molecule has 0 saturated heterocycles. The molecule has 0 fully saturated rings. The maximum Gasteiger partial charge on any atom is 0.137 e. The summed E-state index contributed by atoms with van der Waals surface area (Å²) >= 11 is 0. The van der Waals surface area contributed by atoms with E-state index in [0.29, 0.717) is 18.6 Å². The first-order valence-electron chi connectivity index (χ1n) is 4.97. The molecule has 74 valence electrons. The summed E-state index contributed by atoms with van der Waals surface area (Å²) in [5, 5.41) is 0. The minimum Gasteiger partial charge on any atom is -0.496 e. The first-order valence-corrected chi connectivity index (χ1v) is 4.97. The highest BCUT2D eigenvalue weighted by Crippen LogP contribution is 2.27. The van der Waals surface area contributed by atoms with E-state index in [1.54, 1.807) is 7.11 Å². The molecule has 0 heterocycles. The van der Waals surface area contributed by atoms with E-state index in [4.69, 9.17) is 4.74 Å². The molecular weight excluding hydrogens is 176 g/mol. The molecule has 0 radical (unpaired) electrons. The zero-order chi connectivity index (χ0) is 9.97. The third-order valence-electron chi connectivity index (χ3n) is 2.73. The molecule has 2 heteroatoms. The van der Waals surface area contributed by atoms with Gasteiger partial charge in [-0.25, -0.2) is 0 Å². The summed E-state index contributed by atoms with van der Waals surface area (Å²) in [7, 11) is 1.66. The van der Waals surface area contributed by atoms with Crippen molar-refractivity contribution in [1.82, 2.24) is 0 Å². The second kappa shape index (κ2) is 3.82. The molecule has 0 bridgehead atoms. The van der Waals surface area contributed by atoms with Gasteiger partial charge in [0.15, 0.2) is 0 Å². The van der Waals surface area contributed by atoms with E-state index in [9.17, 15) is 4.79 Å². The zero-order valence-corrected chi connectivity index (χ0v) is 8.38. The number of hydrogen-bond donors (Lipinski definition) is 0. The van der Waals surface area contributed by atoms with E-state index >= 15 is 0 Å². The molecule has 1 aromatic rings. The molecule has 1 aromatic carbocycles. The molecule has 0 N–H and O–H groups in total. The quantitative estimate of drug-likeness (QED) is 0.634. The van der Waals surface area contributed by atoms with Crippen molar-refractivity contribution in [2.45, 2.75) is 25.7 Å². The van der Waals surface area contributed by atoms with Gasteiger partial charge in [0.1, 0.15) is 11.5 Å². The van der Waals surface area contributed by atoms with Crippen molar-refractivity contribution < 1.29 is 9.53 Å². The number of rotatable bonds is 1. The van der Waals surface area contributed by atoms with Crippen LogP contribution in [0.2, 0.25) is 0 Å². The van der Waals surface area contributed by atoms with E-state index in [1.807, 2.05) is 12.1 Å². The topological polar surface area (TPSA) is 26.3 Å². The number of benzene rings is 1. The summed E-state index contributed by atoms with van der Waals surface area (Å²) in [5.74, 6) is 1.19. The fraction of sp³-hybridized carbons (Fsp3) is 0.417.